The first-order chi connectivity index (χ1) is 10.7. The number of unbranched alkanes of at least 4 members (excludes halogenated alkanes) is 1. The van der Waals surface area contributed by atoms with E-state index in [0.717, 1.165) is 44.8 Å². The van der Waals surface area contributed by atoms with Crippen molar-refractivity contribution in [2.75, 3.05) is 26.2 Å². The predicted molar refractivity (Wildman–Crippen MR) is 89.4 cm³/mol. The molecular formula is C18H28N2O2. The molecule has 0 aromatic heterocycles. The number of hydrogen-bond donors (Lipinski definition) is 1. The molecule has 4 nitrogen and oxygen atoms in total. The van der Waals surface area contributed by atoms with Gasteiger partial charge in [-0.25, -0.2) is 0 Å². The molecule has 1 atom stereocenters. The van der Waals surface area contributed by atoms with Crippen LogP contribution in [0.15, 0.2) is 24.3 Å². The highest BCUT2D eigenvalue weighted by molar-refractivity contribution is 5.94. The van der Waals surface area contributed by atoms with Crippen molar-refractivity contribution >= 4 is 5.91 Å². The number of amides is 1. The molecule has 1 fully saturated rings. The minimum absolute atomic E-state index is 0.00283. The molecule has 1 saturated heterocycles. The van der Waals surface area contributed by atoms with Crippen LogP contribution in [0.3, 0.4) is 0 Å². The van der Waals surface area contributed by atoms with Gasteiger partial charge >= 0.3 is 0 Å². The summed E-state index contributed by atoms with van der Waals surface area (Å²) < 4.78 is 5.61. The number of carbonyl (C=O) groups excluding carboxylic acids is 1. The Kier molecular flexibility index (Phi) is 6.72. The molecule has 0 bridgehead atoms. The van der Waals surface area contributed by atoms with Gasteiger partial charge in [-0.2, -0.15) is 0 Å². The smallest absolute Gasteiger partial charge is 0.251 e. The van der Waals surface area contributed by atoms with Gasteiger partial charge < -0.3 is 10.1 Å². The minimum Gasteiger partial charge on any atom is -0.494 e. The Balaban J connectivity index is 1.79. The monoisotopic (exact) mass is 304 g/mol. The molecule has 4 heteroatoms. The highest BCUT2D eigenvalue weighted by atomic mass is 16.5. The van der Waals surface area contributed by atoms with Crippen LogP contribution in [0.5, 0.6) is 5.75 Å². The van der Waals surface area contributed by atoms with Crippen LogP contribution in [-0.2, 0) is 0 Å². The van der Waals surface area contributed by atoms with Gasteiger partial charge in [0.1, 0.15) is 5.75 Å². The topological polar surface area (TPSA) is 41.6 Å². The van der Waals surface area contributed by atoms with Crippen LogP contribution in [0.2, 0.25) is 0 Å². The third-order valence-corrected chi connectivity index (χ3v) is 4.29. The van der Waals surface area contributed by atoms with Crippen LogP contribution in [0.4, 0.5) is 0 Å². The van der Waals surface area contributed by atoms with Gasteiger partial charge in [0, 0.05) is 18.2 Å². The van der Waals surface area contributed by atoms with Crippen molar-refractivity contribution in [2.24, 2.45) is 0 Å². The molecule has 0 radical (unpaired) electrons. The molecule has 0 spiro atoms. The van der Waals surface area contributed by atoms with Crippen molar-refractivity contribution in [2.45, 2.75) is 45.6 Å². The van der Waals surface area contributed by atoms with Crippen LogP contribution in [0.1, 0.15) is 49.9 Å². The number of nitrogens with zero attached hydrogens (tertiary/aromatic N) is 1. The largest absolute Gasteiger partial charge is 0.494 e. The van der Waals surface area contributed by atoms with Gasteiger partial charge in [0.15, 0.2) is 0 Å². The van der Waals surface area contributed by atoms with Gasteiger partial charge in [-0.15, -0.1) is 0 Å². The Hall–Kier alpha value is -1.55. The summed E-state index contributed by atoms with van der Waals surface area (Å²) in [5.74, 6) is 0.834. The average molecular weight is 304 g/mol. The molecule has 1 N–H and O–H groups in total. The van der Waals surface area contributed by atoms with Gasteiger partial charge in [-0.3, -0.25) is 9.69 Å². The zero-order valence-electron chi connectivity index (χ0n) is 13.8. The van der Waals surface area contributed by atoms with E-state index in [2.05, 4.69) is 24.1 Å². The third-order valence-electron chi connectivity index (χ3n) is 4.29. The summed E-state index contributed by atoms with van der Waals surface area (Å²) >= 11 is 0. The number of likely N-dealkylation sites (N-methyl/N-ethyl adjacent to an activating group) is 1. The normalized spacial score (nSPS) is 18.4. The third kappa shape index (κ3) is 4.73. The summed E-state index contributed by atoms with van der Waals surface area (Å²) in [6, 6.07) is 7.91. The van der Waals surface area contributed by atoms with Gasteiger partial charge in [0.25, 0.3) is 5.91 Å². The highest BCUT2D eigenvalue weighted by Crippen LogP contribution is 2.16. The fourth-order valence-corrected chi connectivity index (χ4v) is 2.89. The summed E-state index contributed by atoms with van der Waals surface area (Å²) in [6.45, 7) is 8.00. The zero-order valence-corrected chi connectivity index (χ0v) is 13.8. The second-order valence-electron chi connectivity index (χ2n) is 5.86. The van der Waals surface area contributed by atoms with Crippen molar-refractivity contribution < 1.29 is 9.53 Å². The molecule has 2 rings (SSSR count). The molecular weight excluding hydrogens is 276 g/mol. The number of carbonyl (C=O) groups is 1. The number of hydrogen-bond acceptors (Lipinski definition) is 3. The van der Waals surface area contributed by atoms with Crippen LogP contribution in [-0.4, -0.2) is 43.1 Å². The first-order valence-corrected chi connectivity index (χ1v) is 8.49. The maximum atomic E-state index is 12.2. The number of likely N-dealkylation sites (tertiary alicyclic amines) is 1. The van der Waals surface area contributed by atoms with Crippen molar-refractivity contribution in [1.29, 1.82) is 0 Å². The van der Waals surface area contributed by atoms with E-state index >= 15 is 0 Å². The van der Waals surface area contributed by atoms with E-state index in [-0.39, 0.29) is 5.91 Å². The lowest BCUT2D eigenvalue weighted by atomic mass is 10.2. The number of benzene rings is 1. The Bertz CT molecular complexity index is 459. The lowest BCUT2D eigenvalue weighted by Gasteiger charge is -2.22. The summed E-state index contributed by atoms with van der Waals surface area (Å²) in [5.41, 5.74) is 0.698. The van der Waals surface area contributed by atoms with Crippen LogP contribution in [0.25, 0.3) is 0 Å². The molecule has 0 saturated carbocycles. The Labute approximate surface area is 133 Å². The summed E-state index contributed by atoms with van der Waals surface area (Å²) in [7, 11) is 0. The van der Waals surface area contributed by atoms with Crippen molar-refractivity contribution in [3.8, 4) is 5.75 Å². The first kappa shape index (κ1) is 16.8. The maximum Gasteiger partial charge on any atom is 0.251 e. The fourth-order valence-electron chi connectivity index (χ4n) is 2.89. The van der Waals surface area contributed by atoms with E-state index in [4.69, 9.17) is 4.74 Å². The SMILES string of the molecule is CCCCOc1ccc(C(=O)NCC2CCCN2CC)cc1. The molecule has 1 aromatic carbocycles. The van der Waals surface area contributed by atoms with Crippen LogP contribution >= 0.6 is 0 Å². The average Bonchev–Trinajstić information content (AvgIpc) is 3.01. The fraction of sp³-hybridized carbons (Fsp3) is 0.611. The molecule has 1 aliphatic rings. The molecule has 122 valence electrons. The minimum atomic E-state index is 0.00283. The lowest BCUT2D eigenvalue weighted by molar-refractivity contribution is 0.0941. The number of nitrogens with one attached hydrogen (secondary N) is 1. The molecule has 0 aliphatic carbocycles. The second kappa shape index (κ2) is 8.79. The maximum absolute atomic E-state index is 12.2. The van der Waals surface area contributed by atoms with E-state index in [0.29, 0.717) is 11.6 Å². The van der Waals surface area contributed by atoms with Crippen LogP contribution < -0.4 is 10.1 Å². The van der Waals surface area contributed by atoms with Gasteiger partial charge in [0.05, 0.1) is 6.61 Å². The van der Waals surface area contributed by atoms with E-state index in [9.17, 15) is 4.79 Å². The summed E-state index contributed by atoms with van der Waals surface area (Å²) in [6.07, 6.45) is 4.59. The van der Waals surface area contributed by atoms with Crippen molar-refractivity contribution in [3.63, 3.8) is 0 Å². The first-order valence-electron chi connectivity index (χ1n) is 8.49. The molecule has 1 heterocycles. The predicted octanol–water partition coefficient (Wildman–Crippen LogP) is 3.08. The summed E-state index contributed by atoms with van der Waals surface area (Å²) in [4.78, 5) is 14.6. The molecule has 22 heavy (non-hydrogen) atoms. The van der Waals surface area contributed by atoms with Gasteiger partial charge in [-0.1, -0.05) is 20.3 Å². The van der Waals surface area contributed by atoms with Crippen LogP contribution in [0, 0.1) is 0 Å². The zero-order chi connectivity index (χ0) is 15.8. The molecule has 1 unspecified atom stereocenters. The second-order valence-corrected chi connectivity index (χ2v) is 5.86. The van der Waals surface area contributed by atoms with Gasteiger partial charge in [-0.05, 0) is 56.6 Å². The Morgan fingerprint density at radius 1 is 1.32 bits per heavy atom. The number of rotatable bonds is 8. The van der Waals surface area contributed by atoms with Crippen molar-refractivity contribution in [3.05, 3.63) is 29.8 Å². The van der Waals surface area contributed by atoms with E-state index < -0.39 is 0 Å². The molecule has 1 aromatic rings. The standard InChI is InChI=1S/C18H28N2O2/c1-3-5-13-22-17-10-8-15(9-11-17)18(21)19-14-16-7-6-12-20(16)4-2/h8-11,16H,3-7,12-14H2,1-2H3,(H,19,21). The van der Waals surface area contributed by atoms with Crippen molar-refractivity contribution in [1.82, 2.24) is 10.2 Å². The van der Waals surface area contributed by atoms with E-state index in [1.165, 1.54) is 12.8 Å². The summed E-state index contributed by atoms with van der Waals surface area (Å²) in [5, 5.41) is 3.06. The molecule has 1 aliphatic heterocycles. The lowest BCUT2D eigenvalue weighted by Crippen LogP contribution is -2.40. The van der Waals surface area contributed by atoms with E-state index in [1.54, 1.807) is 0 Å². The van der Waals surface area contributed by atoms with E-state index in [1.807, 2.05) is 24.3 Å². The number of ether oxygens (including phenoxy) is 1. The van der Waals surface area contributed by atoms with Gasteiger partial charge in [0.2, 0.25) is 0 Å². The Morgan fingerprint density at radius 3 is 2.77 bits per heavy atom. The highest BCUT2D eigenvalue weighted by Gasteiger charge is 2.23. The quantitative estimate of drug-likeness (QED) is 0.750. The Morgan fingerprint density at radius 2 is 2.09 bits per heavy atom. The molecule has 1 amide bonds.